The molecule has 1 aliphatic carbocycles. The Labute approximate surface area is 225 Å². The van der Waals surface area contributed by atoms with Crippen LogP contribution in [-0.2, 0) is 11.3 Å². The first-order valence-corrected chi connectivity index (χ1v) is 13.2. The summed E-state index contributed by atoms with van der Waals surface area (Å²) in [7, 11) is 0. The van der Waals surface area contributed by atoms with Crippen molar-refractivity contribution in [1.29, 1.82) is 0 Å². The summed E-state index contributed by atoms with van der Waals surface area (Å²) in [5.74, 6) is -2.57. The average molecular weight is 542 g/mol. The smallest absolute Gasteiger partial charge is 0.252 e. The van der Waals surface area contributed by atoms with E-state index < -0.39 is 35.6 Å². The predicted molar refractivity (Wildman–Crippen MR) is 139 cm³/mol. The maximum Gasteiger partial charge on any atom is 0.252 e. The van der Waals surface area contributed by atoms with Gasteiger partial charge >= 0.3 is 0 Å². The molecule has 1 amide bonds. The quantitative estimate of drug-likeness (QED) is 0.382. The maximum absolute atomic E-state index is 13.9. The minimum atomic E-state index is -1.69. The number of nitrogens with one attached hydrogen (secondary N) is 1. The van der Waals surface area contributed by atoms with E-state index >= 15 is 0 Å². The van der Waals surface area contributed by atoms with Crippen LogP contribution in [0.5, 0.6) is 0 Å². The van der Waals surface area contributed by atoms with Gasteiger partial charge in [0.2, 0.25) is 0 Å². The lowest BCUT2D eigenvalue weighted by molar-refractivity contribution is -0.119. The van der Waals surface area contributed by atoms with Crippen molar-refractivity contribution in [2.24, 2.45) is 5.92 Å². The Balaban J connectivity index is 1.27. The van der Waals surface area contributed by atoms with E-state index in [1.165, 1.54) is 17.8 Å². The number of carbonyl (C=O) groups excluding carboxylic acids is 1. The number of aliphatic hydroxyl groups is 4. The van der Waals surface area contributed by atoms with E-state index in [1.807, 2.05) is 23.1 Å². The molecule has 2 fully saturated rings. The number of nitrogens with zero attached hydrogens (tertiary/aromatic N) is 2. The molecule has 8 nitrogen and oxygen atoms in total. The molecule has 2 heterocycles. The van der Waals surface area contributed by atoms with Gasteiger partial charge in [0.1, 0.15) is 29.2 Å². The van der Waals surface area contributed by atoms with Gasteiger partial charge in [-0.15, -0.1) is 0 Å². The van der Waals surface area contributed by atoms with Crippen LogP contribution in [-0.4, -0.2) is 74.2 Å². The molecule has 0 bridgehead atoms. The number of piperazine rings is 1. The largest absolute Gasteiger partial charge is 0.507 e. The second kappa shape index (κ2) is 11.4. The van der Waals surface area contributed by atoms with E-state index in [0.29, 0.717) is 25.1 Å². The fourth-order valence-electron chi connectivity index (χ4n) is 6.09. The van der Waals surface area contributed by atoms with Gasteiger partial charge in [-0.05, 0) is 42.7 Å². The fourth-order valence-corrected chi connectivity index (χ4v) is 6.09. The molecule has 39 heavy (non-hydrogen) atoms. The van der Waals surface area contributed by atoms with Crippen molar-refractivity contribution in [3.8, 4) is 0 Å². The zero-order valence-corrected chi connectivity index (χ0v) is 21.4. The minimum Gasteiger partial charge on any atom is -0.507 e. The molecule has 5 atom stereocenters. The van der Waals surface area contributed by atoms with Crippen LogP contribution in [0.4, 0.5) is 8.78 Å². The number of benzene rings is 2. The second-order valence-corrected chi connectivity index (χ2v) is 10.4. The van der Waals surface area contributed by atoms with E-state index in [4.69, 9.17) is 0 Å². The molecule has 10 heteroatoms. The Bertz CT molecular complexity index is 1270. The van der Waals surface area contributed by atoms with Gasteiger partial charge in [0.15, 0.2) is 6.23 Å². The number of carbonyl (C=O) groups is 1. The SMILES string of the molecule is O=C(NCc1ccc(F)cc1F)C1=CN2CCN([C@H]3CC[C@H](c4ccccc4)CC3CO)C(O)C2=C(O)C1O. The van der Waals surface area contributed by atoms with E-state index in [-0.39, 0.29) is 41.9 Å². The Morgan fingerprint density at radius 1 is 1.05 bits per heavy atom. The Kier molecular flexibility index (Phi) is 7.99. The zero-order chi connectivity index (χ0) is 27.7. The first-order chi connectivity index (χ1) is 18.8. The van der Waals surface area contributed by atoms with Gasteiger partial charge in [0.05, 0.1) is 5.57 Å². The zero-order valence-electron chi connectivity index (χ0n) is 21.4. The van der Waals surface area contributed by atoms with Crippen LogP contribution in [0.1, 0.15) is 36.3 Å². The molecule has 3 unspecified atom stereocenters. The summed E-state index contributed by atoms with van der Waals surface area (Å²) in [6.45, 7) is 0.477. The standard InChI is InChI=1S/C29H33F2N3O5/c30-21-8-6-19(23(31)13-21)14-32-28(38)22-15-33-10-11-34(29(39)25(33)27(37)26(22)36)24-9-7-18(12-20(24)16-35)17-4-2-1-3-5-17/h1-6,8,13,15,18,20,24,26,29,35-37,39H,7,9-12,14,16H2,(H,32,38)/t18-,20?,24-,26?,29?/m0/s1. The van der Waals surface area contributed by atoms with Crippen LogP contribution in [0, 0.1) is 17.6 Å². The van der Waals surface area contributed by atoms with Crippen LogP contribution < -0.4 is 5.32 Å². The van der Waals surface area contributed by atoms with Crippen molar-refractivity contribution < 1.29 is 34.0 Å². The number of aliphatic hydroxyl groups excluding tert-OH is 4. The molecule has 2 aliphatic heterocycles. The van der Waals surface area contributed by atoms with Crippen LogP contribution in [0.3, 0.4) is 0 Å². The minimum absolute atomic E-state index is 0.0343. The third-order valence-electron chi connectivity index (χ3n) is 8.17. The summed E-state index contributed by atoms with van der Waals surface area (Å²) in [5, 5.41) is 45.6. The van der Waals surface area contributed by atoms with Crippen LogP contribution in [0.2, 0.25) is 0 Å². The summed E-state index contributed by atoms with van der Waals surface area (Å²) in [5.41, 5.74) is 1.24. The number of halogens is 2. The van der Waals surface area contributed by atoms with Gasteiger partial charge in [0, 0.05) is 50.1 Å². The molecular formula is C29H33F2N3O5. The summed E-state index contributed by atoms with van der Waals surface area (Å²) in [6.07, 6.45) is 0.866. The first kappa shape index (κ1) is 27.3. The molecule has 1 saturated heterocycles. The number of hydrogen-bond acceptors (Lipinski definition) is 7. The van der Waals surface area contributed by atoms with E-state index in [0.717, 1.165) is 25.3 Å². The molecule has 0 aromatic heterocycles. The highest BCUT2D eigenvalue weighted by molar-refractivity contribution is 5.95. The van der Waals surface area contributed by atoms with Crippen molar-refractivity contribution in [1.82, 2.24) is 15.1 Å². The molecule has 5 N–H and O–H groups in total. The molecule has 1 saturated carbocycles. The summed E-state index contributed by atoms with van der Waals surface area (Å²) in [6, 6.07) is 13.1. The van der Waals surface area contributed by atoms with Crippen molar-refractivity contribution >= 4 is 5.91 Å². The van der Waals surface area contributed by atoms with Crippen LogP contribution >= 0.6 is 0 Å². The molecule has 2 aromatic rings. The normalized spacial score (nSPS) is 27.7. The molecule has 5 rings (SSSR count). The fraction of sp³-hybridized carbons (Fsp3) is 0.414. The van der Waals surface area contributed by atoms with Crippen molar-refractivity contribution in [2.45, 2.75) is 50.1 Å². The lowest BCUT2D eigenvalue weighted by Gasteiger charge is -2.49. The summed E-state index contributed by atoms with van der Waals surface area (Å²) in [4.78, 5) is 16.2. The van der Waals surface area contributed by atoms with Gasteiger partial charge in [-0.3, -0.25) is 9.69 Å². The summed E-state index contributed by atoms with van der Waals surface area (Å²) >= 11 is 0. The highest BCUT2D eigenvalue weighted by Crippen LogP contribution is 2.41. The average Bonchev–Trinajstić information content (AvgIpc) is 2.94. The maximum atomic E-state index is 13.9. The lowest BCUT2D eigenvalue weighted by atomic mass is 9.74. The topological polar surface area (TPSA) is 117 Å². The van der Waals surface area contributed by atoms with Gasteiger partial charge in [-0.2, -0.15) is 0 Å². The molecule has 3 aliphatic rings. The lowest BCUT2D eigenvalue weighted by Crippen LogP contribution is -2.58. The third-order valence-corrected chi connectivity index (χ3v) is 8.17. The van der Waals surface area contributed by atoms with Gasteiger partial charge in [-0.1, -0.05) is 36.4 Å². The Morgan fingerprint density at radius 3 is 2.54 bits per heavy atom. The molecular weight excluding hydrogens is 508 g/mol. The number of amides is 1. The van der Waals surface area contributed by atoms with Gasteiger partial charge in [0.25, 0.3) is 5.91 Å². The van der Waals surface area contributed by atoms with Crippen LogP contribution in [0.25, 0.3) is 0 Å². The Hall–Kier alpha value is -3.31. The molecule has 0 spiro atoms. The summed E-state index contributed by atoms with van der Waals surface area (Å²) < 4.78 is 27.1. The number of rotatable bonds is 6. The van der Waals surface area contributed by atoms with Gasteiger partial charge in [-0.25, -0.2) is 8.78 Å². The number of fused-ring (bicyclic) bond motifs is 1. The van der Waals surface area contributed by atoms with E-state index in [9.17, 15) is 34.0 Å². The molecule has 2 aromatic carbocycles. The van der Waals surface area contributed by atoms with Crippen molar-refractivity contribution in [3.05, 3.63) is 94.5 Å². The highest BCUT2D eigenvalue weighted by atomic mass is 19.1. The third kappa shape index (κ3) is 5.42. The molecule has 208 valence electrons. The van der Waals surface area contributed by atoms with Gasteiger partial charge < -0.3 is 30.6 Å². The van der Waals surface area contributed by atoms with E-state index in [2.05, 4.69) is 17.4 Å². The van der Waals surface area contributed by atoms with Crippen molar-refractivity contribution in [3.63, 3.8) is 0 Å². The van der Waals surface area contributed by atoms with E-state index in [1.54, 1.807) is 4.90 Å². The number of hydrogen-bond donors (Lipinski definition) is 5. The van der Waals surface area contributed by atoms with Crippen molar-refractivity contribution in [2.75, 3.05) is 19.7 Å². The second-order valence-electron chi connectivity index (χ2n) is 10.4. The predicted octanol–water partition coefficient (Wildman–Crippen LogP) is 2.49. The first-order valence-electron chi connectivity index (χ1n) is 13.2. The Morgan fingerprint density at radius 2 is 1.82 bits per heavy atom. The molecule has 0 radical (unpaired) electrons. The van der Waals surface area contributed by atoms with Crippen LogP contribution in [0.15, 0.2) is 71.8 Å². The monoisotopic (exact) mass is 541 g/mol. The highest BCUT2D eigenvalue weighted by Gasteiger charge is 2.44.